The maximum absolute atomic E-state index is 5.41. The Bertz CT molecular complexity index is 219. The molecule has 2 heteroatoms. The minimum atomic E-state index is 0.333. The normalized spacial score (nSPS) is 30.3. The minimum Gasteiger partial charge on any atom is -0.381 e. The van der Waals surface area contributed by atoms with E-state index in [0.717, 1.165) is 32.0 Å². The van der Waals surface area contributed by atoms with Gasteiger partial charge >= 0.3 is 0 Å². The molecule has 1 unspecified atom stereocenters. The molecule has 2 nitrogen and oxygen atoms in total. The van der Waals surface area contributed by atoms with E-state index in [4.69, 9.17) is 4.74 Å². The largest absolute Gasteiger partial charge is 0.381 e. The highest BCUT2D eigenvalue weighted by Crippen LogP contribution is 2.22. The summed E-state index contributed by atoms with van der Waals surface area (Å²) in [5.74, 6) is 0.856. The van der Waals surface area contributed by atoms with Crippen molar-refractivity contribution in [3.63, 3.8) is 0 Å². The molecule has 86 valence electrons. The molecular weight excluding hydrogens is 186 g/mol. The third-order valence-corrected chi connectivity index (χ3v) is 3.79. The predicted molar refractivity (Wildman–Crippen MR) is 62.9 cm³/mol. The smallest absolute Gasteiger partial charge is 0.0483 e. The fourth-order valence-electron chi connectivity index (χ4n) is 2.43. The fourth-order valence-corrected chi connectivity index (χ4v) is 2.43. The number of rotatable bonds is 3. The molecule has 0 bridgehead atoms. The van der Waals surface area contributed by atoms with E-state index in [0.29, 0.717) is 5.54 Å². The van der Waals surface area contributed by atoms with Gasteiger partial charge < -0.3 is 10.1 Å². The molecule has 1 saturated heterocycles. The number of nitrogens with one attached hydrogen (secondary N) is 1. The van der Waals surface area contributed by atoms with E-state index in [9.17, 15) is 0 Å². The van der Waals surface area contributed by atoms with Crippen LogP contribution in [-0.4, -0.2) is 25.3 Å². The van der Waals surface area contributed by atoms with Crippen molar-refractivity contribution >= 4 is 0 Å². The van der Waals surface area contributed by atoms with Gasteiger partial charge in [0.2, 0.25) is 0 Å². The molecule has 15 heavy (non-hydrogen) atoms. The molecule has 1 atom stereocenters. The van der Waals surface area contributed by atoms with Crippen molar-refractivity contribution in [2.75, 3.05) is 19.8 Å². The minimum absolute atomic E-state index is 0.333. The summed E-state index contributed by atoms with van der Waals surface area (Å²) in [6.07, 6.45) is 10.9. The number of hydrogen-bond acceptors (Lipinski definition) is 2. The van der Waals surface area contributed by atoms with Crippen molar-refractivity contribution in [3.05, 3.63) is 12.2 Å². The van der Waals surface area contributed by atoms with Gasteiger partial charge in [-0.1, -0.05) is 12.2 Å². The quantitative estimate of drug-likeness (QED) is 0.721. The molecule has 0 saturated carbocycles. The van der Waals surface area contributed by atoms with Crippen LogP contribution in [0, 0.1) is 5.92 Å². The molecule has 0 aromatic rings. The van der Waals surface area contributed by atoms with Gasteiger partial charge in [0, 0.05) is 18.8 Å². The van der Waals surface area contributed by atoms with Gasteiger partial charge in [0.1, 0.15) is 0 Å². The topological polar surface area (TPSA) is 21.3 Å². The summed E-state index contributed by atoms with van der Waals surface area (Å²) in [4.78, 5) is 0. The molecule has 2 rings (SSSR count). The average Bonchev–Trinajstić information content (AvgIpc) is 2.29. The van der Waals surface area contributed by atoms with Crippen molar-refractivity contribution in [3.8, 4) is 0 Å². The van der Waals surface area contributed by atoms with Crippen molar-refractivity contribution < 1.29 is 4.74 Å². The highest BCUT2D eigenvalue weighted by Gasteiger charge is 2.27. The summed E-state index contributed by atoms with van der Waals surface area (Å²) < 4.78 is 5.41. The lowest BCUT2D eigenvalue weighted by atomic mass is 9.89. The maximum atomic E-state index is 5.41. The van der Waals surface area contributed by atoms with Gasteiger partial charge in [0.25, 0.3) is 0 Å². The Kier molecular flexibility index (Phi) is 3.81. The van der Waals surface area contributed by atoms with Crippen LogP contribution >= 0.6 is 0 Å². The SMILES string of the molecule is CC1(NCC2CC=CCC2)CCOCC1. The molecule has 1 heterocycles. The summed E-state index contributed by atoms with van der Waals surface area (Å²) in [5.41, 5.74) is 0.333. The Morgan fingerprint density at radius 3 is 2.80 bits per heavy atom. The van der Waals surface area contributed by atoms with Gasteiger partial charge in [-0.3, -0.25) is 0 Å². The first-order chi connectivity index (χ1) is 7.29. The van der Waals surface area contributed by atoms with Gasteiger partial charge in [-0.15, -0.1) is 0 Å². The van der Waals surface area contributed by atoms with Crippen molar-refractivity contribution in [2.24, 2.45) is 5.92 Å². The van der Waals surface area contributed by atoms with Gasteiger partial charge in [-0.2, -0.15) is 0 Å². The Balaban J connectivity index is 1.73. The second kappa shape index (κ2) is 5.13. The van der Waals surface area contributed by atoms with Gasteiger partial charge in [-0.05, 0) is 51.5 Å². The molecule has 0 radical (unpaired) electrons. The molecule has 0 aromatic carbocycles. The average molecular weight is 209 g/mol. The third kappa shape index (κ3) is 3.32. The number of ether oxygens (including phenoxy) is 1. The molecule has 1 N–H and O–H groups in total. The van der Waals surface area contributed by atoms with E-state index in [1.54, 1.807) is 0 Å². The van der Waals surface area contributed by atoms with Crippen LogP contribution in [0.3, 0.4) is 0 Å². The third-order valence-electron chi connectivity index (χ3n) is 3.79. The maximum Gasteiger partial charge on any atom is 0.0483 e. The Morgan fingerprint density at radius 1 is 1.33 bits per heavy atom. The van der Waals surface area contributed by atoms with E-state index in [-0.39, 0.29) is 0 Å². The van der Waals surface area contributed by atoms with Crippen molar-refractivity contribution in [2.45, 2.75) is 44.6 Å². The Morgan fingerprint density at radius 2 is 2.13 bits per heavy atom. The van der Waals surface area contributed by atoms with Crippen LogP contribution in [0.5, 0.6) is 0 Å². The standard InChI is InChI=1S/C13H23NO/c1-13(7-9-15-10-8-13)14-11-12-5-3-2-4-6-12/h2-3,12,14H,4-11H2,1H3. The van der Waals surface area contributed by atoms with E-state index in [2.05, 4.69) is 24.4 Å². The summed E-state index contributed by atoms with van der Waals surface area (Å²) in [5, 5.41) is 3.75. The van der Waals surface area contributed by atoms with E-state index in [1.807, 2.05) is 0 Å². The monoisotopic (exact) mass is 209 g/mol. The number of allylic oxidation sites excluding steroid dienone is 2. The zero-order valence-electron chi connectivity index (χ0n) is 9.80. The summed E-state index contributed by atoms with van der Waals surface area (Å²) in [6.45, 7) is 5.37. The molecule has 1 aliphatic heterocycles. The summed E-state index contributed by atoms with van der Waals surface area (Å²) in [7, 11) is 0. The van der Waals surface area contributed by atoms with Gasteiger partial charge in [0.05, 0.1) is 0 Å². The zero-order chi connectivity index (χ0) is 10.6. The molecule has 0 aromatic heterocycles. The van der Waals surface area contributed by atoms with Gasteiger partial charge in [0.15, 0.2) is 0 Å². The molecular formula is C13H23NO. The van der Waals surface area contributed by atoms with Crippen LogP contribution in [0.15, 0.2) is 12.2 Å². The van der Waals surface area contributed by atoms with Crippen LogP contribution in [0.2, 0.25) is 0 Å². The molecule has 1 fully saturated rings. The Hall–Kier alpha value is -0.340. The first-order valence-electron chi connectivity index (χ1n) is 6.26. The summed E-state index contributed by atoms with van der Waals surface area (Å²) >= 11 is 0. The van der Waals surface area contributed by atoms with Crippen LogP contribution in [-0.2, 0) is 4.74 Å². The summed E-state index contributed by atoms with van der Waals surface area (Å²) in [6, 6.07) is 0. The van der Waals surface area contributed by atoms with E-state index >= 15 is 0 Å². The van der Waals surface area contributed by atoms with E-state index < -0.39 is 0 Å². The van der Waals surface area contributed by atoms with Crippen molar-refractivity contribution in [1.82, 2.24) is 5.32 Å². The lowest BCUT2D eigenvalue weighted by molar-refractivity contribution is 0.0436. The first-order valence-corrected chi connectivity index (χ1v) is 6.26. The lowest BCUT2D eigenvalue weighted by Crippen LogP contribution is -2.48. The van der Waals surface area contributed by atoms with Crippen molar-refractivity contribution in [1.29, 1.82) is 0 Å². The second-order valence-corrected chi connectivity index (χ2v) is 5.20. The molecule has 0 spiro atoms. The highest BCUT2D eigenvalue weighted by molar-refractivity contribution is 4.92. The van der Waals surface area contributed by atoms with Crippen LogP contribution in [0.1, 0.15) is 39.0 Å². The van der Waals surface area contributed by atoms with E-state index in [1.165, 1.54) is 25.8 Å². The van der Waals surface area contributed by atoms with Gasteiger partial charge in [-0.25, -0.2) is 0 Å². The molecule has 2 aliphatic rings. The molecule has 0 amide bonds. The molecule has 1 aliphatic carbocycles. The Labute approximate surface area is 93.1 Å². The highest BCUT2D eigenvalue weighted by atomic mass is 16.5. The first kappa shape index (κ1) is 11.2. The van der Waals surface area contributed by atoms with Crippen LogP contribution in [0.4, 0.5) is 0 Å². The lowest BCUT2D eigenvalue weighted by Gasteiger charge is -2.36. The predicted octanol–water partition coefficient (Wildman–Crippen LogP) is 2.50. The van der Waals surface area contributed by atoms with Crippen LogP contribution in [0.25, 0.3) is 0 Å². The zero-order valence-corrected chi connectivity index (χ0v) is 9.80. The second-order valence-electron chi connectivity index (χ2n) is 5.20. The number of hydrogen-bond donors (Lipinski definition) is 1. The fraction of sp³-hybridized carbons (Fsp3) is 0.846. The van der Waals surface area contributed by atoms with Crippen LogP contribution < -0.4 is 5.32 Å².